The Kier molecular flexibility index (Phi) is 4.71. The monoisotopic (exact) mass is 264 g/mol. The van der Waals surface area contributed by atoms with Gasteiger partial charge in [0.05, 0.1) is 6.10 Å². The van der Waals surface area contributed by atoms with Crippen molar-refractivity contribution >= 4 is 11.6 Å². The average molecular weight is 264 g/mol. The van der Waals surface area contributed by atoms with Crippen LogP contribution in [-0.4, -0.2) is 27.7 Å². The fourth-order valence-electron chi connectivity index (χ4n) is 1.30. The lowest BCUT2D eigenvalue weighted by atomic mass is 10.2. The van der Waals surface area contributed by atoms with Crippen molar-refractivity contribution in [1.82, 2.24) is 9.97 Å². The molecule has 1 aromatic heterocycles. The van der Waals surface area contributed by atoms with Crippen LogP contribution in [0.5, 0.6) is 0 Å². The zero-order valence-corrected chi connectivity index (χ0v) is 9.83. The Morgan fingerprint density at radius 2 is 2.11 bits per heavy atom. The lowest BCUT2D eigenvalue weighted by molar-refractivity contribution is -0.144. The molecular formula is C10H15F3N4O. The maximum Gasteiger partial charge on any atom is 0.451 e. The van der Waals surface area contributed by atoms with E-state index in [-0.39, 0.29) is 11.6 Å². The highest BCUT2D eigenvalue weighted by Crippen LogP contribution is 2.27. The van der Waals surface area contributed by atoms with E-state index in [0.717, 1.165) is 0 Å². The Bertz CT molecular complexity index is 395. The second-order valence-electron chi connectivity index (χ2n) is 3.92. The fourth-order valence-corrected chi connectivity index (χ4v) is 1.30. The average Bonchev–Trinajstić information content (AvgIpc) is 2.22. The fraction of sp³-hybridized carbons (Fsp3) is 0.600. The minimum absolute atomic E-state index is 0.0282. The molecule has 0 saturated heterocycles. The van der Waals surface area contributed by atoms with Gasteiger partial charge in [-0.1, -0.05) is 0 Å². The van der Waals surface area contributed by atoms with E-state index in [1.54, 1.807) is 6.92 Å². The number of aliphatic hydroxyl groups is 1. The van der Waals surface area contributed by atoms with Gasteiger partial charge in [-0.3, -0.25) is 0 Å². The molecule has 1 unspecified atom stereocenters. The van der Waals surface area contributed by atoms with Crippen molar-refractivity contribution in [3.05, 3.63) is 11.9 Å². The third-order valence-electron chi connectivity index (χ3n) is 2.10. The van der Waals surface area contributed by atoms with Crippen LogP contribution in [0.2, 0.25) is 0 Å². The minimum Gasteiger partial charge on any atom is -0.393 e. The van der Waals surface area contributed by atoms with E-state index in [1.807, 2.05) is 0 Å². The Balaban J connectivity index is 2.63. The second-order valence-corrected chi connectivity index (χ2v) is 3.92. The molecule has 18 heavy (non-hydrogen) atoms. The number of nitrogens with two attached hydrogens (primary N) is 1. The van der Waals surface area contributed by atoms with Gasteiger partial charge in [-0.2, -0.15) is 13.2 Å². The highest BCUT2D eigenvalue weighted by atomic mass is 19.4. The lowest BCUT2D eigenvalue weighted by Gasteiger charge is -2.10. The van der Waals surface area contributed by atoms with Crippen molar-refractivity contribution in [3.8, 4) is 0 Å². The van der Waals surface area contributed by atoms with E-state index in [2.05, 4.69) is 15.3 Å². The van der Waals surface area contributed by atoms with Crippen molar-refractivity contribution in [2.45, 2.75) is 32.0 Å². The van der Waals surface area contributed by atoms with Gasteiger partial charge in [0.2, 0.25) is 5.82 Å². The number of nitrogens with zero attached hydrogens (tertiary/aromatic N) is 2. The molecule has 4 N–H and O–H groups in total. The largest absolute Gasteiger partial charge is 0.451 e. The summed E-state index contributed by atoms with van der Waals surface area (Å²) in [6.07, 6.45) is -3.89. The zero-order chi connectivity index (χ0) is 13.8. The number of halogens is 3. The second kappa shape index (κ2) is 5.85. The van der Waals surface area contributed by atoms with Crippen molar-refractivity contribution in [1.29, 1.82) is 0 Å². The molecule has 0 amide bonds. The van der Waals surface area contributed by atoms with Crippen LogP contribution in [0, 0.1) is 0 Å². The summed E-state index contributed by atoms with van der Waals surface area (Å²) in [6, 6.07) is 1.23. The van der Waals surface area contributed by atoms with E-state index in [0.29, 0.717) is 19.4 Å². The number of aliphatic hydroxyl groups excluding tert-OH is 1. The molecule has 5 nitrogen and oxygen atoms in total. The Morgan fingerprint density at radius 3 is 2.67 bits per heavy atom. The maximum absolute atomic E-state index is 12.4. The third kappa shape index (κ3) is 4.74. The summed E-state index contributed by atoms with van der Waals surface area (Å²) in [7, 11) is 0. The summed E-state index contributed by atoms with van der Waals surface area (Å²) >= 11 is 0. The Labute approximate surface area is 102 Å². The molecule has 1 heterocycles. The summed E-state index contributed by atoms with van der Waals surface area (Å²) in [5.74, 6) is -1.48. The van der Waals surface area contributed by atoms with Crippen molar-refractivity contribution in [2.24, 2.45) is 0 Å². The molecule has 0 radical (unpaired) electrons. The molecule has 8 heteroatoms. The van der Waals surface area contributed by atoms with E-state index < -0.39 is 18.1 Å². The molecule has 1 atom stereocenters. The van der Waals surface area contributed by atoms with Crippen molar-refractivity contribution in [3.63, 3.8) is 0 Å². The Hall–Kier alpha value is -1.57. The number of nitrogen functional groups attached to an aromatic ring is 1. The highest BCUT2D eigenvalue weighted by Gasteiger charge is 2.35. The first kappa shape index (κ1) is 14.5. The topological polar surface area (TPSA) is 84.1 Å². The van der Waals surface area contributed by atoms with Gasteiger partial charge in [0.1, 0.15) is 11.6 Å². The quantitative estimate of drug-likeness (QED) is 0.704. The van der Waals surface area contributed by atoms with Gasteiger partial charge < -0.3 is 16.2 Å². The number of hydrogen-bond donors (Lipinski definition) is 3. The van der Waals surface area contributed by atoms with Crippen molar-refractivity contribution in [2.75, 3.05) is 17.6 Å². The van der Waals surface area contributed by atoms with Crippen LogP contribution in [0.4, 0.5) is 24.8 Å². The number of alkyl halides is 3. The van der Waals surface area contributed by atoms with E-state index >= 15 is 0 Å². The standard InChI is InChI=1S/C10H15F3N4O/c1-6(18)3-2-4-15-8-5-7(14)16-9(17-8)10(11,12)13/h5-6,18H,2-4H2,1H3,(H3,14,15,16,17). The molecule has 0 aliphatic carbocycles. The molecule has 0 aliphatic heterocycles. The van der Waals surface area contributed by atoms with Gasteiger partial charge in [-0.05, 0) is 19.8 Å². The third-order valence-corrected chi connectivity index (χ3v) is 2.10. The number of rotatable bonds is 5. The maximum atomic E-state index is 12.4. The van der Waals surface area contributed by atoms with Crippen molar-refractivity contribution < 1.29 is 18.3 Å². The summed E-state index contributed by atoms with van der Waals surface area (Å²) in [5.41, 5.74) is 5.28. The first-order chi connectivity index (χ1) is 8.29. The molecular weight excluding hydrogens is 249 g/mol. The molecule has 1 aromatic rings. The van der Waals surface area contributed by atoms with Crippen LogP contribution >= 0.6 is 0 Å². The first-order valence-electron chi connectivity index (χ1n) is 5.42. The highest BCUT2D eigenvalue weighted by molar-refractivity contribution is 5.44. The number of nitrogens with one attached hydrogen (secondary N) is 1. The number of anilines is 2. The number of hydrogen-bond acceptors (Lipinski definition) is 5. The molecule has 0 aliphatic rings. The van der Waals surface area contributed by atoms with E-state index in [1.165, 1.54) is 6.07 Å². The van der Waals surface area contributed by atoms with Crippen LogP contribution in [-0.2, 0) is 6.18 Å². The summed E-state index contributed by atoms with van der Waals surface area (Å²) in [4.78, 5) is 6.46. The van der Waals surface area contributed by atoms with Crippen LogP contribution < -0.4 is 11.1 Å². The minimum atomic E-state index is -4.62. The molecule has 102 valence electrons. The molecule has 0 bridgehead atoms. The van der Waals surface area contributed by atoms with Gasteiger partial charge in [-0.15, -0.1) is 0 Å². The molecule has 0 aromatic carbocycles. The number of aromatic nitrogens is 2. The Morgan fingerprint density at radius 1 is 1.44 bits per heavy atom. The van der Waals surface area contributed by atoms with Crippen LogP contribution in [0.1, 0.15) is 25.6 Å². The van der Waals surface area contributed by atoms with E-state index in [9.17, 15) is 13.2 Å². The van der Waals surface area contributed by atoms with Gasteiger partial charge in [0.15, 0.2) is 0 Å². The first-order valence-corrected chi connectivity index (χ1v) is 5.42. The van der Waals surface area contributed by atoms with Crippen LogP contribution in [0.3, 0.4) is 0 Å². The summed E-state index contributed by atoms with van der Waals surface area (Å²) < 4.78 is 37.2. The zero-order valence-electron chi connectivity index (χ0n) is 9.83. The molecule has 0 spiro atoms. The predicted molar refractivity (Wildman–Crippen MR) is 60.9 cm³/mol. The van der Waals surface area contributed by atoms with Crippen LogP contribution in [0.15, 0.2) is 6.07 Å². The van der Waals surface area contributed by atoms with Gasteiger partial charge in [-0.25, -0.2) is 9.97 Å². The lowest BCUT2D eigenvalue weighted by Crippen LogP contribution is -2.15. The smallest absolute Gasteiger partial charge is 0.393 e. The molecule has 0 fully saturated rings. The predicted octanol–water partition coefficient (Wildman–Crippen LogP) is 1.65. The molecule has 1 rings (SSSR count). The SMILES string of the molecule is CC(O)CCCNc1cc(N)nc(C(F)(F)F)n1. The van der Waals surface area contributed by atoms with Gasteiger partial charge in [0, 0.05) is 12.6 Å². The normalized spacial score (nSPS) is 13.4. The van der Waals surface area contributed by atoms with E-state index in [4.69, 9.17) is 10.8 Å². The summed E-state index contributed by atoms with van der Waals surface area (Å²) in [6.45, 7) is 2.04. The van der Waals surface area contributed by atoms with Crippen LogP contribution in [0.25, 0.3) is 0 Å². The van der Waals surface area contributed by atoms with Gasteiger partial charge >= 0.3 is 6.18 Å². The van der Waals surface area contributed by atoms with Gasteiger partial charge in [0.25, 0.3) is 0 Å². The summed E-state index contributed by atoms with van der Waals surface area (Å²) in [5, 5.41) is 11.7. The molecule has 0 saturated carbocycles.